The second-order valence-electron chi connectivity index (χ2n) is 33.8. The Morgan fingerprint density at radius 1 is 0.473 bits per heavy atom. The topological polar surface area (TPSA) is 259 Å². The third kappa shape index (κ3) is 31.4. The summed E-state index contributed by atoms with van der Waals surface area (Å²) >= 11 is 54.4. The average Bonchev–Trinajstić information content (AvgIpc) is 0.819. The number of hydrogen-bond acceptors (Lipinski definition) is 18. The van der Waals surface area contributed by atoms with E-state index in [1.165, 1.54) is 29.8 Å². The molecule has 7 saturated heterocycles. The van der Waals surface area contributed by atoms with Gasteiger partial charge in [0.25, 0.3) is 21.8 Å². The van der Waals surface area contributed by atoms with Gasteiger partial charge in [0, 0.05) is 172 Å². The molecule has 0 saturated carbocycles. The number of benzene rings is 8. The number of piperazine rings is 1. The van der Waals surface area contributed by atoms with Gasteiger partial charge in [-0.05, 0) is 217 Å². The van der Waals surface area contributed by atoms with Crippen molar-refractivity contribution in [3.8, 4) is 23.0 Å². The van der Waals surface area contributed by atoms with Crippen LogP contribution in [0.25, 0.3) is 0 Å². The van der Waals surface area contributed by atoms with Gasteiger partial charge in [-0.25, -0.2) is 22.3 Å². The molecule has 1 atom stereocenters. The molecule has 7 aliphatic heterocycles. The molecule has 7 heterocycles. The standard InChI is InChI=1S/C26H31Cl2FN2O3.C26H31Cl2N3O4.C23H27Cl2N3O4S.C21H24Cl3N3O2.4H2/c27-23-5-4-22(16-24(23)28)34-21-8-10-30(11-9-21)17-18-6-12-31(13-7-18)25(26(32)33)15-19-2-1-3-20(29)14-19;27-22-6-5-20(17-23(22)28)35-19-10-15-30(16-11-19)18-8-13-31(14-9-18)26(34)21-3-1-2-4-24(21)29-12-7-25(32)33;24-21-7-6-19(16-22(21)25)32-18-10-14-27(15-11-18)17-8-12-28(13-9-17)23(29)26-33(30,31)20-4-2-1-3-5-20;1-29-20-5-3-16(13-19(20)24)21(28)25-6-7-26-8-10-27(11-9-26)14-15-2-4-17(22)18(23)12-15;;;;/h1-5,14,16,18,21,25H,6-13,15,17H2,(H,32,33);1-6,17-19,29H,7-16H2,(H,32,33);1-7,16-18H,8-15H2,(H,26,29);2-5,12-13H,6-11,14H2,1H3,(H,25,28);4*1H/t25-;;;;;;;/m0......./s1. The molecule has 131 heavy (non-hydrogen) atoms. The zero-order valence-corrected chi connectivity index (χ0v) is 80.7. The van der Waals surface area contributed by atoms with Gasteiger partial charge in [0.15, 0.2) is 0 Å². The van der Waals surface area contributed by atoms with Crippen molar-refractivity contribution in [1.29, 1.82) is 0 Å². The summed E-state index contributed by atoms with van der Waals surface area (Å²) in [6.45, 7) is 17.2. The maximum atomic E-state index is 13.5. The quantitative estimate of drug-likeness (QED) is 0.0305. The highest BCUT2D eigenvalue weighted by atomic mass is 35.5. The van der Waals surface area contributed by atoms with Crippen LogP contribution in [-0.2, 0) is 32.6 Å². The first-order chi connectivity index (χ1) is 63.0. The smallest absolute Gasteiger partial charge is 0.331 e. The molecule has 0 unspecified atom stereocenters. The lowest BCUT2D eigenvalue weighted by molar-refractivity contribution is -0.144. The summed E-state index contributed by atoms with van der Waals surface area (Å²) < 4.78 is 63.9. The van der Waals surface area contributed by atoms with Gasteiger partial charge < -0.3 is 54.5 Å². The number of sulfonamides is 1. The molecule has 7 aliphatic rings. The first-order valence-electron chi connectivity index (χ1n) is 44.5. The molecule has 0 aliphatic carbocycles. The molecule has 5 N–H and O–H groups in total. The largest absolute Gasteiger partial charge is 0.495 e. The molecule has 8 aromatic rings. The second-order valence-corrected chi connectivity index (χ2v) is 39.1. The molecule has 8 aromatic carbocycles. The number of piperidine rings is 6. The minimum absolute atomic E-state index is 0. The van der Waals surface area contributed by atoms with E-state index in [-0.39, 0.29) is 59.5 Å². The number of halogens is 10. The summed E-state index contributed by atoms with van der Waals surface area (Å²) in [5.41, 5.74) is 3.70. The van der Waals surface area contributed by atoms with E-state index >= 15 is 0 Å². The number of methoxy groups -OCH3 is 1. The third-order valence-corrected chi connectivity index (χ3v) is 29.5. The van der Waals surface area contributed by atoms with Crippen LogP contribution < -0.4 is 34.3 Å². The molecule has 24 nitrogen and oxygen atoms in total. The molecule has 35 heteroatoms. The highest BCUT2D eigenvalue weighted by Gasteiger charge is 2.36. The second kappa shape index (κ2) is 50.7. The zero-order valence-electron chi connectivity index (χ0n) is 73.1. The summed E-state index contributed by atoms with van der Waals surface area (Å²) in [4.78, 5) is 78.5. The van der Waals surface area contributed by atoms with E-state index in [4.69, 9.17) is 128 Å². The maximum Gasteiger partial charge on any atom is 0.331 e. The van der Waals surface area contributed by atoms with E-state index in [2.05, 4.69) is 39.9 Å². The number of hydrogen-bond donors (Lipinski definition) is 5. The van der Waals surface area contributed by atoms with Crippen molar-refractivity contribution in [3.05, 3.63) is 243 Å². The molecule has 7 fully saturated rings. The lowest BCUT2D eigenvalue weighted by Crippen LogP contribution is -2.52. The fraction of sp³-hybridized carbons (Fsp3) is 0.448. The van der Waals surface area contributed by atoms with E-state index in [0.717, 1.165) is 198 Å². The molecular formula is C96H121Cl9FN11O13S. The van der Waals surface area contributed by atoms with Crippen molar-refractivity contribution in [2.24, 2.45) is 5.92 Å². The van der Waals surface area contributed by atoms with Crippen molar-refractivity contribution in [3.63, 3.8) is 0 Å². The Morgan fingerprint density at radius 2 is 0.977 bits per heavy atom. The predicted molar refractivity (Wildman–Crippen MR) is 526 cm³/mol. The third-order valence-electron chi connectivity index (χ3n) is 24.9. The Balaban J connectivity index is 0.000000220. The number of ether oxygens (including phenoxy) is 4. The van der Waals surface area contributed by atoms with E-state index in [9.17, 15) is 41.9 Å². The fourth-order valence-corrected chi connectivity index (χ4v) is 20.0. The van der Waals surface area contributed by atoms with Gasteiger partial charge in [-0.2, -0.15) is 0 Å². The molecule has 15 rings (SSSR count). The molecule has 0 radical (unpaired) electrons. The number of carbonyl (C=O) groups excluding carboxylic acids is 3. The summed E-state index contributed by atoms with van der Waals surface area (Å²) in [7, 11) is -2.31. The molecule has 0 bridgehead atoms. The van der Waals surface area contributed by atoms with Crippen LogP contribution in [0.3, 0.4) is 0 Å². The first kappa shape index (κ1) is 102. The number of likely N-dealkylation sites (tertiary alicyclic amines) is 6. The van der Waals surface area contributed by atoms with Crippen LogP contribution in [0.4, 0.5) is 14.9 Å². The number of para-hydroxylation sites is 1. The molecule has 0 spiro atoms. The Hall–Kier alpha value is -7.84. The van der Waals surface area contributed by atoms with Crippen LogP contribution in [0.2, 0.25) is 45.2 Å². The summed E-state index contributed by atoms with van der Waals surface area (Å²) in [6.07, 6.45) is 11.9. The summed E-state index contributed by atoms with van der Waals surface area (Å²) in [6, 6.07) is 48.0. The van der Waals surface area contributed by atoms with Gasteiger partial charge in [0.05, 0.1) is 69.2 Å². The average molecular weight is 2010 g/mol. The number of rotatable bonds is 28. The molecule has 0 aromatic heterocycles. The molecule has 4 amide bonds. The predicted octanol–water partition coefficient (Wildman–Crippen LogP) is 20.0. The van der Waals surface area contributed by atoms with Gasteiger partial charge in [0.2, 0.25) is 0 Å². The number of carboxylic acids is 2. The van der Waals surface area contributed by atoms with Crippen LogP contribution in [0.15, 0.2) is 175 Å². The monoisotopic (exact) mass is 2000 g/mol. The Labute approximate surface area is 817 Å². The van der Waals surface area contributed by atoms with E-state index in [0.29, 0.717) is 125 Å². The Morgan fingerprint density at radius 3 is 1.48 bits per heavy atom. The normalized spacial score (nSPS) is 18.0. The number of carbonyl (C=O) groups is 5. The van der Waals surface area contributed by atoms with Crippen LogP contribution in [0.1, 0.15) is 121 Å². The summed E-state index contributed by atoms with van der Waals surface area (Å²) in [5, 5.41) is 29.3. The number of anilines is 1. The number of nitrogens with one attached hydrogen (secondary N) is 3. The fourth-order valence-electron chi connectivity index (χ4n) is 17.5. The lowest BCUT2D eigenvalue weighted by atomic mass is 9.93. The summed E-state index contributed by atoms with van der Waals surface area (Å²) in [5.74, 6) is 1.19. The van der Waals surface area contributed by atoms with Crippen LogP contribution in [0, 0.1) is 11.7 Å². The minimum Gasteiger partial charge on any atom is -0.495 e. The van der Waals surface area contributed by atoms with E-state index < -0.39 is 34.0 Å². The molecular weight excluding hydrogens is 1890 g/mol. The number of urea groups is 1. The highest BCUT2D eigenvalue weighted by Crippen LogP contribution is 2.36. The van der Waals surface area contributed by atoms with Crippen molar-refractivity contribution in [2.75, 3.05) is 143 Å². The van der Waals surface area contributed by atoms with Gasteiger partial charge in [-0.15, -0.1) is 0 Å². The van der Waals surface area contributed by atoms with Gasteiger partial charge in [-0.3, -0.25) is 43.7 Å². The van der Waals surface area contributed by atoms with Crippen LogP contribution >= 0.6 is 104 Å². The Bertz CT molecular complexity index is 5240. The Kier molecular flexibility index (Phi) is 39.5. The van der Waals surface area contributed by atoms with Crippen molar-refractivity contribution < 1.29 is 71.6 Å². The van der Waals surface area contributed by atoms with Gasteiger partial charge >= 0.3 is 18.0 Å². The number of nitrogens with zero attached hydrogens (tertiary/aromatic N) is 8. The first-order valence-corrected chi connectivity index (χ1v) is 49.4. The van der Waals surface area contributed by atoms with Crippen LogP contribution in [0.5, 0.6) is 23.0 Å². The number of aliphatic carboxylic acids is 2. The van der Waals surface area contributed by atoms with Crippen molar-refractivity contribution in [1.82, 2.24) is 49.2 Å². The highest BCUT2D eigenvalue weighted by molar-refractivity contribution is 7.90. The van der Waals surface area contributed by atoms with Gasteiger partial charge in [-0.1, -0.05) is 153 Å². The van der Waals surface area contributed by atoms with E-state index in [1.54, 1.807) is 103 Å². The van der Waals surface area contributed by atoms with E-state index in [1.807, 2.05) is 64.4 Å². The lowest BCUT2D eigenvalue weighted by Gasteiger charge is -2.41. The van der Waals surface area contributed by atoms with Crippen molar-refractivity contribution in [2.45, 2.75) is 138 Å². The number of amides is 4. The number of carboxylic acid groups (broad SMARTS) is 2. The van der Waals surface area contributed by atoms with Crippen LogP contribution in [-0.4, -0.2) is 262 Å². The SMILES string of the molecule is COc1ccc(C(=O)NCCN2CCN(Cc3ccc(Cl)c(Cl)c3)CC2)cc1Cl.O=C(NS(=O)(=O)c1ccccc1)N1CCC(N2CCC(Oc3ccc(Cl)c(Cl)c3)CC2)CC1.O=C(O)CCNc1ccccc1C(=O)N1CCC(N2CCC(Oc3ccc(Cl)c(Cl)c3)CC2)CC1.O=C(O)[C@H](Cc1cccc(F)c1)N1CCC(CN2CCC(Oc3ccc(Cl)c(Cl)c3)CC2)CC1.[HH].[HH].[HH].[HH]. The maximum absolute atomic E-state index is 13.5. The zero-order chi connectivity index (χ0) is 93.1. The van der Waals surface area contributed by atoms with Crippen molar-refractivity contribution >= 4 is 150 Å². The molecule has 714 valence electrons. The minimum atomic E-state index is -3.86. The van der Waals surface area contributed by atoms with Gasteiger partial charge in [0.1, 0.15) is 53.2 Å².